The predicted octanol–water partition coefficient (Wildman–Crippen LogP) is 2.44. The van der Waals surface area contributed by atoms with Crippen molar-refractivity contribution in [3.8, 4) is 0 Å². The lowest BCUT2D eigenvalue weighted by Gasteiger charge is -2.36. The van der Waals surface area contributed by atoms with E-state index in [-0.39, 0.29) is 5.82 Å². The first-order valence-electron chi connectivity index (χ1n) is 7.11. The van der Waals surface area contributed by atoms with Crippen LogP contribution >= 0.6 is 0 Å². The van der Waals surface area contributed by atoms with Crippen LogP contribution in [0, 0.1) is 12.7 Å². The van der Waals surface area contributed by atoms with Gasteiger partial charge in [-0.05, 0) is 42.8 Å². The van der Waals surface area contributed by atoms with Gasteiger partial charge in [0.1, 0.15) is 11.6 Å². The van der Waals surface area contributed by atoms with Crippen LogP contribution in [-0.2, 0) is 0 Å². The van der Waals surface area contributed by atoms with Gasteiger partial charge in [-0.25, -0.2) is 9.37 Å². The van der Waals surface area contributed by atoms with E-state index in [0.29, 0.717) is 0 Å². The molecule has 0 atom stereocenters. The third-order valence-electron chi connectivity index (χ3n) is 3.93. The lowest BCUT2D eigenvalue weighted by Crippen LogP contribution is -2.46. The Morgan fingerprint density at radius 1 is 1.05 bits per heavy atom. The maximum Gasteiger partial charge on any atom is 0.129 e. The highest BCUT2D eigenvalue weighted by molar-refractivity contribution is 5.54. The number of hydrogen-bond acceptors (Lipinski definition) is 4. The Morgan fingerprint density at radius 3 is 2.29 bits per heavy atom. The van der Waals surface area contributed by atoms with E-state index in [9.17, 15) is 4.39 Å². The maximum absolute atomic E-state index is 13.0. The van der Waals surface area contributed by atoms with E-state index in [1.54, 1.807) is 6.20 Å². The van der Waals surface area contributed by atoms with E-state index < -0.39 is 0 Å². The van der Waals surface area contributed by atoms with Crippen molar-refractivity contribution in [2.75, 3.05) is 41.7 Å². The predicted molar refractivity (Wildman–Crippen MR) is 84.2 cm³/mol. The SMILES string of the molecule is Cc1cc(N2CCN(c3ccc(F)cc3)CC2)ncc1N. The Labute approximate surface area is 124 Å². The Kier molecular flexibility index (Phi) is 3.64. The molecule has 0 bridgehead atoms. The minimum atomic E-state index is -0.195. The van der Waals surface area contributed by atoms with Crippen LogP contribution in [0.4, 0.5) is 21.6 Å². The number of benzene rings is 1. The van der Waals surface area contributed by atoms with E-state index in [1.165, 1.54) is 12.1 Å². The highest BCUT2D eigenvalue weighted by atomic mass is 19.1. The molecule has 0 spiro atoms. The van der Waals surface area contributed by atoms with Gasteiger partial charge in [-0.2, -0.15) is 0 Å². The molecule has 0 saturated carbocycles. The zero-order valence-corrected chi connectivity index (χ0v) is 12.1. The van der Waals surface area contributed by atoms with Crippen LogP contribution in [0.3, 0.4) is 0 Å². The Hall–Kier alpha value is -2.30. The lowest BCUT2D eigenvalue weighted by molar-refractivity contribution is 0.624. The third-order valence-corrected chi connectivity index (χ3v) is 3.93. The molecule has 3 rings (SSSR count). The fourth-order valence-corrected chi connectivity index (χ4v) is 2.57. The second kappa shape index (κ2) is 5.60. The van der Waals surface area contributed by atoms with Gasteiger partial charge < -0.3 is 15.5 Å². The molecule has 1 fully saturated rings. The Bertz CT molecular complexity index is 619. The number of nitrogens with zero attached hydrogens (tertiary/aromatic N) is 3. The number of nitrogen functional groups attached to an aromatic ring is 1. The largest absolute Gasteiger partial charge is 0.397 e. The fraction of sp³-hybridized carbons (Fsp3) is 0.312. The van der Waals surface area contributed by atoms with Crippen LogP contribution in [0.25, 0.3) is 0 Å². The van der Waals surface area contributed by atoms with Crippen LogP contribution < -0.4 is 15.5 Å². The minimum absolute atomic E-state index is 0.195. The van der Waals surface area contributed by atoms with Gasteiger partial charge >= 0.3 is 0 Å². The van der Waals surface area contributed by atoms with Crippen molar-refractivity contribution in [1.82, 2.24) is 4.98 Å². The summed E-state index contributed by atoms with van der Waals surface area (Å²) in [6.07, 6.45) is 1.72. The number of hydrogen-bond donors (Lipinski definition) is 1. The smallest absolute Gasteiger partial charge is 0.129 e. The van der Waals surface area contributed by atoms with Crippen LogP contribution in [0.2, 0.25) is 0 Å². The van der Waals surface area contributed by atoms with Gasteiger partial charge in [0, 0.05) is 31.9 Å². The number of aryl methyl sites for hydroxylation is 1. The van der Waals surface area contributed by atoms with Gasteiger partial charge in [0.2, 0.25) is 0 Å². The number of nitrogens with two attached hydrogens (primary N) is 1. The van der Waals surface area contributed by atoms with Crippen molar-refractivity contribution in [2.24, 2.45) is 0 Å². The first-order valence-corrected chi connectivity index (χ1v) is 7.11. The molecular weight excluding hydrogens is 267 g/mol. The third kappa shape index (κ3) is 2.91. The van der Waals surface area contributed by atoms with E-state index in [1.807, 2.05) is 25.1 Å². The normalized spacial score (nSPS) is 15.3. The molecule has 1 saturated heterocycles. The zero-order chi connectivity index (χ0) is 14.8. The summed E-state index contributed by atoms with van der Waals surface area (Å²) in [4.78, 5) is 8.93. The van der Waals surface area contributed by atoms with Gasteiger partial charge in [0.25, 0.3) is 0 Å². The second-order valence-electron chi connectivity index (χ2n) is 5.35. The van der Waals surface area contributed by atoms with E-state index in [2.05, 4.69) is 14.8 Å². The van der Waals surface area contributed by atoms with Crippen molar-refractivity contribution >= 4 is 17.2 Å². The molecule has 0 unspecified atom stereocenters. The quantitative estimate of drug-likeness (QED) is 0.921. The molecular formula is C16H19FN4. The average molecular weight is 286 g/mol. The van der Waals surface area contributed by atoms with E-state index in [0.717, 1.165) is 48.9 Å². The summed E-state index contributed by atoms with van der Waals surface area (Å²) in [7, 11) is 0. The molecule has 1 aromatic heterocycles. The van der Waals surface area contributed by atoms with Crippen molar-refractivity contribution in [3.05, 3.63) is 47.9 Å². The van der Waals surface area contributed by atoms with Crippen LogP contribution in [-0.4, -0.2) is 31.2 Å². The minimum Gasteiger partial charge on any atom is -0.397 e. The molecule has 2 aromatic rings. The first-order chi connectivity index (χ1) is 10.1. The van der Waals surface area contributed by atoms with Crippen molar-refractivity contribution in [3.63, 3.8) is 0 Å². The topological polar surface area (TPSA) is 45.4 Å². The first kappa shape index (κ1) is 13.7. The number of halogens is 1. The second-order valence-corrected chi connectivity index (χ2v) is 5.35. The molecule has 2 heterocycles. The summed E-state index contributed by atoms with van der Waals surface area (Å²) in [5.74, 6) is 0.777. The number of pyridine rings is 1. The number of rotatable bonds is 2. The van der Waals surface area contributed by atoms with Gasteiger partial charge in [0.15, 0.2) is 0 Å². The summed E-state index contributed by atoms with van der Waals surface area (Å²) in [5.41, 5.74) is 8.66. The van der Waals surface area contributed by atoms with Crippen LogP contribution in [0.5, 0.6) is 0 Å². The molecule has 1 aromatic carbocycles. The van der Waals surface area contributed by atoms with Gasteiger partial charge in [-0.3, -0.25) is 0 Å². The molecule has 5 heteroatoms. The Morgan fingerprint density at radius 2 is 1.67 bits per heavy atom. The molecule has 1 aliphatic heterocycles. The van der Waals surface area contributed by atoms with Crippen molar-refractivity contribution in [2.45, 2.75) is 6.92 Å². The standard InChI is InChI=1S/C16H19FN4/c1-12-10-16(19-11-15(12)18)21-8-6-20(7-9-21)14-4-2-13(17)3-5-14/h2-5,10-11H,6-9,18H2,1H3. The highest BCUT2D eigenvalue weighted by Gasteiger charge is 2.18. The molecule has 110 valence electrons. The summed E-state index contributed by atoms with van der Waals surface area (Å²) in [5, 5.41) is 0. The number of aromatic nitrogens is 1. The average Bonchev–Trinajstić information content (AvgIpc) is 2.51. The molecule has 1 aliphatic rings. The van der Waals surface area contributed by atoms with E-state index in [4.69, 9.17) is 5.73 Å². The van der Waals surface area contributed by atoms with Gasteiger partial charge in [-0.1, -0.05) is 0 Å². The van der Waals surface area contributed by atoms with Gasteiger partial charge in [-0.15, -0.1) is 0 Å². The summed E-state index contributed by atoms with van der Waals surface area (Å²) in [6.45, 7) is 5.59. The Balaban J connectivity index is 1.67. The molecule has 4 nitrogen and oxygen atoms in total. The van der Waals surface area contributed by atoms with Crippen molar-refractivity contribution < 1.29 is 4.39 Å². The lowest BCUT2D eigenvalue weighted by atomic mass is 10.2. The van der Waals surface area contributed by atoms with Gasteiger partial charge in [0.05, 0.1) is 11.9 Å². The maximum atomic E-state index is 13.0. The fourth-order valence-electron chi connectivity index (χ4n) is 2.57. The summed E-state index contributed by atoms with van der Waals surface area (Å²) >= 11 is 0. The monoisotopic (exact) mass is 286 g/mol. The summed E-state index contributed by atoms with van der Waals surface area (Å²) in [6, 6.07) is 8.70. The van der Waals surface area contributed by atoms with Crippen LogP contribution in [0.1, 0.15) is 5.56 Å². The molecule has 0 amide bonds. The molecule has 2 N–H and O–H groups in total. The number of anilines is 3. The zero-order valence-electron chi connectivity index (χ0n) is 12.1. The van der Waals surface area contributed by atoms with Crippen LogP contribution in [0.15, 0.2) is 36.5 Å². The molecule has 21 heavy (non-hydrogen) atoms. The van der Waals surface area contributed by atoms with Crippen molar-refractivity contribution in [1.29, 1.82) is 0 Å². The summed E-state index contributed by atoms with van der Waals surface area (Å²) < 4.78 is 13.0. The molecule has 0 radical (unpaired) electrons. The molecule has 0 aliphatic carbocycles. The highest BCUT2D eigenvalue weighted by Crippen LogP contribution is 2.21. The van der Waals surface area contributed by atoms with E-state index >= 15 is 0 Å². The number of piperazine rings is 1.